The number of para-hydroxylation sites is 1. The Kier molecular flexibility index (Phi) is 6.09. The standard InChI is InChI=1S/C23H23N5O2S2/c1-30-18-6-4-5-17(13-18)28-15-24-26-23(28)31-14-21(29)27-11-9-16(10-12-27)22-25-19-7-2-3-8-20(19)32-22/h2-8,13,15-16H,9-12,14H2,1H3. The van der Waals surface area contributed by atoms with Crippen molar-refractivity contribution in [3.8, 4) is 11.4 Å². The highest BCUT2D eigenvalue weighted by atomic mass is 32.2. The Hall–Kier alpha value is -2.91. The van der Waals surface area contributed by atoms with Crippen molar-refractivity contribution in [3.05, 3.63) is 59.9 Å². The van der Waals surface area contributed by atoms with Gasteiger partial charge in [-0.2, -0.15) is 0 Å². The highest BCUT2D eigenvalue weighted by molar-refractivity contribution is 7.99. The smallest absolute Gasteiger partial charge is 0.233 e. The second-order valence-corrected chi connectivity index (χ2v) is 9.65. The van der Waals surface area contributed by atoms with E-state index in [9.17, 15) is 4.79 Å². The van der Waals surface area contributed by atoms with E-state index in [1.807, 2.05) is 39.8 Å². The van der Waals surface area contributed by atoms with Crippen molar-refractivity contribution in [2.45, 2.75) is 23.9 Å². The Balaban J connectivity index is 1.18. The molecular formula is C23H23N5O2S2. The van der Waals surface area contributed by atoms with Crippen molar-refractivity contribution in [1.82, 2.24) is 24.6 Å². The van der Waals surface area contributed by atoms with Gasteiger partial charge in [-0.1, -0.05) is 30.0 Å². The number of nitrogens with zero attached hydrogens (tertiary/aromatic N) is 5. The van der Waals surface area contributed by atoms with Gasteiger partial charge in [-0.15, -0.1) is 21.5 Å². The lowest BCUT2D eigenvalue weighted by Gasteiger charge is -2.31. The van der Waals surface area contributed by atoms with E-state index in [2.05, 4.69) is 28.4 Å². The van der Waals surface area contributed by atoms with Crippen molar-refractivity contribution in [1.29, 1.82) is 0 Å². The first-order valence-corrected chi connectivity index (χ1v) is 12.3. The van der Waals surface area contributed by atoms with Crippen LogP contribution in [-0.2, 0) is 4.79 Å². The molecule has 0 saturated carbocycles. The predicted octanol–water partition coefficient (Wildman–Crippen LogP) is 4.38. The van der Waals surface area contributed by atoms with Gasteiger partial charge in [0.15, 0.2) is 5.16 Å². The zero-order valence-corrected chi connectivity index (χ0v) is 19.3. The van der Waals surface area contributed by atoms with Gasteiger partial charge in [0.1, 0.15) is 12.1 Å². The van der Waals surface area contributed by atoms with E-state index in [0.717, 1.165) is 42.9 Å². The highest BCUT2D eigenvalue weighted by Gasteiger charge is 2.26. The van der Waals surface area contributed by atoms with Gasteiger partial charge in [0.05, 0.1) is 33.8 Å². The average Bonchev–Trinajstić information content (AvgIpc) is 3.50. The monoisotopic (exact) mass is 465 g/mol. The van der Waals surface area contributed by atoms with E-state index in [1.54, 1.807) is 24.8 Å². The molecule has 3 heterocycles. The molecule has 0 aliphatic carbocycles. The Morgan fingerprint density at radius 2 is 2.03 bits per heavy atom. The number of ether oxygens (including phenoxy) is 1. The second kappa shape index (κ2) is 9.30. The van der Waals surface area contributed by atoms with Crippen LogP contribution in [0.1, 0.15) is 23.8 Å². The van der Waals surface area contributed by atoms with E-state index in [-0.39, 0.29) is 5.91 Å². The third-order valence-electron chi connectivity index (χ3n) is 5.68. The third kappa shape index (κ3) is 4.35. The van der Waals surface area contributed by atoms with E-state index in [0.29, 0.717) is 16.8 Å². The summed E-state index contributed by atoms with van der Waals surface area (Å²) in [4.78, 5) is 19.6. The summed E-state index contributed by atoms with van der Waals surface area (Å²) in [6.45, 7) is 1.53. The Bertz CT molecular complexity index is 1200. The van der Waals surface area contributed by atoms with Gasteiger partial charge in [-0.05, 0) is 37.1 Å². The summed E-state index contributed by atoms with van der Waals surface area (Å²) < 4.78 is 8.41. The van der Waals surface area contributed by atoms with Crippen LogP contribution in [0.5, 0.6) is 5.75 Å². The van der Waals surface area contributed by atoms with Crippen LogP contribution >= 0.6 is 23.1 Å². The Morgan fingerprint density at radius 3 is 2.84 bits per heavy atom. The molecule has 2 aromatic heterocycles. The molecule has 7 nitrogen and oxygen atoms in total. The number of thiazole rings is 1. The zero-order valence-electron chi connectivity index (χ0n) is 17.7. The van der Waals surface area contributed by atoms with E-state index < -0.39 is 0 Å². The molecule has 4 aromatic rings. The number of likely N-dealkylation sites (tertiary alicyclic amines) is 1. The molecule has 0 N–H and O–H groups in total. The molecule has 0 radical (unpaired) electrons. The zero-order chi connectivity index (χ0) is 21.9. The Labute approximate surface area is 194 Å². The van der Waals surface area contributed by atoms with Gasteiger partial charge in [-0.25, -0.2) is 4.98 Å². The lowest BCUT2D eigenvalue weighted by molar-refractivity contribution is -0.129. The van der Waals surface area contributed by atoms with E-state index in [1.165, 1.54) is 21.5 Å². The maximum atomic E-state index is 12.8. The molecule has 0 unspecified atom stereocenters. The molecule has 0 atom stereocenters. The summed E-state index contributed by atoms with van der Waals surface area (Å²) in [5.74, 6) is 1.67. The number of methoxy groups -OCH3 is 1. The fourth-order valence-electron chi connectivity index (χ4n) is 3.92. The number of benzene rings is 2. The Morgan fingerprint density at radius 1 is 1.19 bits per heavy atom. The minimum absolute atomic E-state index is 0.137. The molecule has 0 bridgehead atoms. The topological polar surface area (TPSA) is 73.1 Å². The molecule has 1 aliphatic rings. The molecule has 1 saturated heterocycles. The maximum absolute atomic E-state index is 12.8. The molecule has 0 spiro atoms. The fourth-order valence-corrected chi connectivity index (χ4v) is 5.89. The summed E-state index contributed by atoms with van der Waals surface area (Å²) in [7, 11) is 1.64. The van der Waals surface area contributed by atoms with Crippen molar-refractivity contribution >= 4 is 39.2 Å². The largest absolute Gasteiger partial charge is 0.497 e. The van der Waals surface area contributed by atoms with Crippen LogP contribution in [0.25, 0.3) is 15.9 Å². The summed E-state index contributed by atoms with van der Waals surface area (Å²) in [6, 6.07) is 16.0. The maximum Gasteiger partial charge on any atom is 0.233 e. The summed E-state index contributed by atoms with van der Waals surface area (Å²) in [5, 5.41) is 10.1. The first-order valence-electron chi connectivity index (χ1n) is 10.5. The first-order chi connectivity index (χ1) is 15.7. The molecule has 164 valence electrons. The van der Waals surface area contributed by atoms with Gasteiger partial charge in [0, 0.05) is 25.1 Å². The minimum atomic E-state index is 0.137. The number of thioether (sulfide) groups is 1. The molecular weight excluding hydrogens is 442 g/mol. The number of carbonyl (C=O) groups is 1. The van der Waals surface area contributed by atoms with Crippen LogP contribution in [0.15, 0.2) is 60.0 Å². The second-order valence-electron chi connectivity index (χ2n) is 7.65. The first kappa shape index (κ1) is 21.0. The number of hydrogen-bond acceptors (Lipinski definition) is 7. The van der Waals surface area contributed by atoms with Gasteiger partial charge >= 0.3 is 0 Å². The number of rotatable bonds is 6. The van der Waals surface area contributed by atoms with E-state index >= 15 is 0 Å². The quantitative estimate of drug-likeness (QED) is 0.394. The van der Waals surface area contributed by atoms with Crippen LogP contribution < -0.4 is 4.74 Å². The van der Waals surface area contributed by atoms with Crippen LogP contribution in [0.4, 0.5) is 0 Å². The molecule has 1 fully saturated rings. The van der Waals surface area contributed by atoms with Gasteiger partial charge in [0.2, 0.25) is 5.91 Å². The number of fused-ring (bicyclic) bond motifs is 1. The van der Waals surface area contributed by atoms with Crippen LogP contribution in [0.3, 0.4) is 0 Å². The summed E-state index contributed by atoms with van der Waals surface area (Å²) in [6.07, 6.45) is 3.57. The number of aromatic nitrogens is 4. The predicted molar refractivity (Wildman–Crippen MR) is 127 cm³/mol. The third-order valence-corrected chi connectivity index (χ3v) is 7.81. The summed E-state index contributed by atoms with van der Waals surface area (Å²) in [5.41, 5.74) is 1.98. The molecule has 2 aromatic carbocycles. The SMILES string of the molecule is COc1cccc(-n2cnnc2SCC(=O)N2CCC(c3nc4ccccc4s3)CC2)c1. The fraction of sp³-hybridized carbons (Fsp3) is 0.304. The molecule has 5 rings (SSSR count). The van der Waals surface area contributed by atoms with Crippen molar-refractivity contribution in [2.24, 2.45) is 0 Å². The van der Waals surface area contributed by atoms with Crippen LogP contribution in [0, 0.1) is 0 Å². The lowest BCUT2D eigenvalue weighted by Crippen LogP contribution is -2.39. The lowest BCUT2D eigenvalue weighted by atomic mass is 9.97. The molecule has 32 heavy (non-hydrogen) atoms. The van der Waals surface area contributed by atoms with Gasteiger partial charge in [-0.3, -0.25) is 9.36 Å². The minimum Gasteiger partial charge on any atom is -0.497 e. The summed E-state index contributed by atoms with van der Waals surface area (Å²) >= 11 is 3.19. The molecule has 1 amide bonds. The van der Waals surface area contributed by atoms with Crippen molar-refractivity contribution in [2.75, 3.05) is 26.0 Å². The number of piperidine rings is 1. The van der Waals surface area contributed by atoms with Crippen molar-refractivity contribution in [3.63, 3.8) is 0 Å². The van der Waals surface area contributed by atoms with Gasteiger partial charge < -0.3 is 9.64 Å². The van der Waals surface area contributed by atoms with Crippen molar-refractivity contribution < 1.29 is 9.53 Å². The average molecular weight is 466 g/mol. The van der Waals surface area contributed by atoms with Crippen LogP contribution in [-0.4, -0.2) is 56.5 Å². The highest BCUT2D eigenvalue weighted by Crippen LogP contribution is 2.34. The van der Waals surface area contributed by atoms with Gasteiger partial charge in [0.25, 0.3) is 0 Å². The van der Waals surface area contributed by atoms with E-state index in [4.69, 9.17) is 9.72 Å². The normalized spacial score (nSPS) is 14.7. The number of amides is 1. The number of hydrogen-bond donors (Lipinski definition) is 0. The molecule has 9 heteroatoms. The van der Waals surface area contributed by atoms with Crippen LogP contribution in [0.2, 0.25) is 0 Å². The molecule has 1 aliphatic heterocycles. The number of carbonyl (C=O) groups excluding carboxylic acids is 1.